The van der Waals surface area contributed by atoms with Crippen LogP contribution in [0.4, 0.5) is 5.82 Å². The quantitative estimate of drug-likeness (QED) is 0.352. The van der Waals surface area contributed by atoms with Crippen LogP contribution in [0.2, 0.25) is 0 Å². The van der Waals surface area contributed by atoms with Crippen molar-refractivity contribution in [3.8, 4) is 5.75 Å². The second-order valence-corrected chi connectivity index (χ2v) is 9.67. The number of aryl methyl sites for hydroxylation is 1. The predicted octanol–water partition coefficient (Wildman–Crippen LogP) is 5.70. The summed E-state index contributed by atoms with van der Waals surface area (Å²) in [5.74, 6) is 2.17. The number of piperidine rings is 1. The fourth-order valence-electron chi connectivity index (χ4n) is 4.82. The maximum Gasteiger partial charge on any atom is 0.258 e. The number of fused-ring (bicyclic) bond motifs is 1. The van der Waals surface area contributed by atoms with Gasteiger partial charge in [0.1, 0.15) is 17.1 Å². The summed E-state index contributed by atoms with van der Waals surface area (Å²) in [7, 11) is 0. The Hall–Kier alpha value is -3.86. The van der Waals surface area contributed by atoms with Crippen molar-refractivity contribution >= 4 is 22.6 Å². The van der Waals surface area contributed by atoms with E-state index in [9.17, 15) is 4.79 Å². The molecule has 184 valence electrons. The molecule has 0 unspecified atom stereocenters. The number of nitrogens with zero attached hydrogens (tertiary/aromatic N) is 2. The van der Waals surface area contributed by atoms with Crippen LogP contribution >= 0.6 is 0 Å². The molecule has 0 spiro atoms. The first-order valence-corrected chi connectivity index (χ1v) is 12.8. The van der Waals surface area contributed by atoms with E-state index >= 15 is 0 Å². The molecule has 36 heavy (non-hydrogen) atoms. The molecular weight excluding hydrogens is 446 g/mol. The van der Waals surface area contributed by atoms with Crippen molar-refractivity contribution in [2.75, 3.05) is 24.6 Å². The molecule has 0 atom stereocenters. The van der Waals surface area contributed by atoms with E-state index in [1.54, 1.807) is 0 Å². The second kappa shape index (κ2) is 11.3. The molecule has 4 aromatic rings. The van der Waals surface area contributed by atoms with Crippen molar-refractivity contribution in [1.82, 2.24) is 10.3 Å². The number of aromatic nitrogens is 1. The van der Waals surface area contributed by atoms with Crippen LogP contribution in [0.5, 0.6) is 5.75 Å². The van der Waals surface area contributed by atoms with Crippen molar-refractivity contribution in [2.45, 2.75) is 32.7 Å². The summed E-state index contributed by atoms with van der Waals surface area (Å²) in [6.07, 6.45) is 3.46. The fourth-order valence-corrected chi connectivity index (χ4v) is 4.82. The van der Waals surface area contributed by atoms with Crippen LogP contribution < -0.4 is 15.0 Å². The topological polar surface area (TPSA) is 54.5 Å². The summed E-state index contributed by atoms with van der Waals surface area (Å²) in [4.78, 5) is 19.7. The molecule has 1 aliphatic rings. The third-order valence-electron chi connectivity index (χ3n) is 6.94. The third kappa shape index (κ3) is 6.03. The van der Waals surface area contributed by atoms with Gasteiger partial charge >= 0.3 is 0 Å². The van der Waals surface area contributed by atoms with Crippen molar-refractivity contribution in [3.05, 3.63) is 102 Å². The van der Waals surface area contributed by atoms with Gasteiger partial charge in [0.2, 0.25) is 0 Å². The normalized spacial score (nSPS) is 14.1. The smallest absolute Gasteiger partial charge is 0.258 e. The van der Waals surface area contributed by atoms with Gasteiger partial charge in [-0.2, -0.15) is 0 Å². The molecule has 0 aliphatic carbocycles. The van der Waals surface area contributed by atoms with Crippen LogP contribution in [0.3, 0.4) is 0 Å². The van der Waals surface area contributed by atoms with Gasteiger partial charge in [-0.3, -0.25) is 4.79 Å². The van der Waals surface area contributed by atoms with Gasteiger partial charge in [-0.05, 0) is 61.4 Å². The number of carbonyl (C=O) groups is 1. The zero-order chi connectivity index (χ0) is 24.7. The van der Waals surface area contributed by atoms with Crippen LogP contribution in [-0.4, -0.2) is 30.6 Å². The number of hydrogen-bond donors (Lipinski definition) is 1. The van der Waals surface area contributed by atoms with Crippen LogP contribution in [0.25, 0.3) is 10.9 Å². The molecule has 1 amide bonds. The molecule has 2 heterocycles. The Labute approximate surface area is 213 Å². The highest BCUT2D eigenvalue weighted by molar-refractivity contribution is 5.86. The van der Waals surface area contributed by atoms with Crippen molar-refractivity contribution < 1.29 is 9.53 Å². The van der Waals surface area contributed by atoms with Gasteiger partial charge in [-0.25, -0.2) is 4.98 Å². The lowest BCUT2D eigenvalue weighted by Gasteiger charge is -2.33. The van der Waals surface area contributed by atoms with E-state index in [0.29, 0.717) is 18.2 Å². The zero-order valence-electron chi connectivity index (χ0n) is 20.8. The van der Waals surface area contributed by atoms with Gasteiger partial charge in [0.05, 0.1) is 0 Å². The number of carbonyl (C=O) groups excluding carboxylic acids is 1. The first-order valence-electron chi connectivity index (χ1n) is 12.8. The second-order valence-electron chi connectivity index (χ2n) is 9.67. The summed E-state index contributed by atoms with van der Waals surface area (Å²) in [5.41, 5.74) is 4.49. The average Bonchev–Trinajstić information content (AvgIpc) is 2.92. The molecule has 1 aliphatic heterocycles. The lowest BCUT2D eigenvalue weighted by Crippen LogP contribution is -2.34. The molecule has 1 fully saturated rings. The number of benzene rings is 3. The number of rotatable bonds is 8. The number of hydrogen-bond acceptors (Lipinski definition) is 4. The number of para-hydroxylation sites is 1. The zero-order valence-corrected chi connectivity index (χ0v) is 20.8. The summed E-state index contributed by atoms with van der Waals surface area (Å²) in [6.45, 7) is 4.50. The maximum absolute atomic E-state index is 12.4. The molecule has 0 radical (unpaired) electrons. The summed E-state index contributed by atoms with van der Waals surface area (Å²) >= 11 is 0. The highest BCUT2D eigenvalue weighted by Gasteiger charge is 2.21. The van der Waals surface area contributed by atoms with Gasteiger partial charge < -0.3 is 15.0 Å². The number of ether oxygens (including phenoxy) is 1. The highest BCUT2D eigenvalue weighted by Crippen LogP contribution is 2.29. The maximum atomic E-state index is 12.4. The number of amides is 1. The van der Waals surface area contributed by atoms with Crippen LogP contribution in [0, 0.1) is 12.8 Å². The van der Waals surface area contributed by atoms with E-state index in [4.69, 9.17) is 9.72 Å². The van der Waals surface area contributed by atoms with Gasteiger partial charge in [0, 0.05) is 25.0 Å². The lowest BCUT2D eigenvalue weighted by atomic mass is 9.90. The molecular formula is C31H33N3O2. The molecule has 5 heteroatoms. The number of nitrogens with one attached hydrogen (secondary N) is 1. The first kappa shape index (κ1) is 23.9. The van der Waals surface area contributed by atoms with E-state index in [2.05, 4.69) is 52.7 Å². The molecule has 3 aromatic carbocycles. The van der Waals surface area contributed by atoms with Crippen LogP contribution in [-0.2, 0) is 17.8 Å². The standard InChI is InChI=1S/C31H33N3O2/c1-23-10-12-26(13-11-23)21-32-30(35)22-36-28-9-5-8-27-14-15-29(33-31(27)28)34-18-16-25(17-19-34)20-24-6-3-2-4-7-24/h2-15,25H,16-22H2,1H3,(H,32,35). The molecule has 5 nitrogen and oxygen atoms in total. The number of anilines is 1. The molecule has 1 aromatic heterocycles. The van der Waals surface area contributed by atoms with Crippen LogP contribution in [0.15, 0.2) is 84.9 Å². The van der Waals surface area contributed by atoms with Crippen LogP contribution in [0.1, 0.15) is 29.5 Å². The van der Waals surface area contributed by atoms with Gasteiger partial charge in [0.25, 0.3) is 5.91 Å². The molecule has 5 rings (SSSR count). The van der Waals surface area contributed by atoms with E-state index in [1.807, 2.05) is 49.4 Å². The van der Waals surface area contributed by atoms with E-state index in [-0.39, 0.29) is 12.5 Å². The van der Waals surface area contributed by atoms with E-state index < -0.39 is 0 Å². The average molecular weight is 480 g/mol. The molecule has 0 saturated carbocycles. The Balaban J connectivity index is 1.19. The minimum Gasteiger partial charge on any atom is -0.481 e. The summed E-state index contributed by atoms with van der Waals surface area (Å²) in [6, 6.07) is 29.0. The Morgan fingerprint density at radius 3 is 2.47 bits per heavy atom. The Morgan fingerprint density at radius 2 is 1.69 bits per heavy atom. The van der Waals surface area contributed by atoms with Gasteiger partial charge in [-0.15, -0.1) is 0 Å². The van der Waals surface area contributed by atoms with Gasteiger partial charge in [0.15, 0.2) is 6.61 Å². The summed E-state index contributed by atoms with van der Waals surface area (Å²) in [5, 5.41) is 3.94. The minimum absolute atomic E-state index is 0.0399. The Bertz CT molecular complexity index is 1300. The van der Waals surface area contributed by atoms with Gasteiger partial charge in [-0.1, -0.05) is 72.3 Å². The van der Waals surface area contributed by atoms with Crippen molar-refractivity contribution in [2.24, 2.45) is 5.92 Å². The Morgan fingerprint density at radius 1 is 0.917 bits per heavy atom. The third-order valence-corrected chi connectivity index (χ3v) is 6.94. The fraction of sp³-hybridized carbons (Fsp3) is 0.290. The lowest BCUT2D eigenvalue weighted by molar-refractivity contribution is -0.123. The largest absolute Gasteiger partial charge is 0.481 e. The molecule has 1 N–H and O–H groups in total. The molecule has 1 saturated heterocycles. The van der Waals surface area contributed by atoms with E-state index in [0.717, 1.165) is 54.6 Å². The molecule has 0 bridgehead atoms. The van der Waals surface area contributed by atoms with Crippen molar-refractivity contribution in [3.63, 3.8) is 0 Å². The van der Waals surface area contributed by atoms with E-state index in [1.165, 1.54) is 11.1 Å². The SMILES string of the molecule is Cc1ccc(CNC(=O)COc2cccc3ccc(N4CCC(Cc5ccccc5)CC4)nc23)cc1. The first-order chi connectivity index (χ1) is 17.6. The minimum atomic E-state index is -0.149. The van der Waals surface area contributed by atoms with Crippen molar-refractivity contribution in [1.29, 1.82) is 0 Å². The monoisotopic (exact) mass is 479 g/mol. The predicted molar refractivity (Wildman–Crippen MR) is 145 cm³/mol. The highest BCUT2D eigenvalue weighted by atomic mass is 16.5. The number of pyridine rings is 1. The Kier molecular flexibility index (Phi) is 7.46. The summed E-state index contributed by atoms with van der Waals surface area (Å²) < 4.78 is 5.92.